The van der Waals surface area contributed by atoms with Crippen LogP contribution in [0.5, 0.6) is 5.75 Å². The van der Waals surface area contributed by atoms with Crippen molar-refractivity contribution in [1.82, 2.24) is 0 Å². The molecule has 0 radical (unpaired) electrons. The number of ether oxygens (including phenoxy) is 2. The van der Waals surface area contributed by atoms with Crippen molar-refractivity contribution in [3.05, 3.63) is 59.7 Å². The van der Waals surface area contributed by atoms with Crippen LogP contribution in [0.25, 0.3) is 0 Å². The van der Waals surface area contributed by atoms with E-state index in [1.54, 1.807) is 18.2 Å². The van der Waals surface area contributed by atoms with E-state index in [0.717, 1.165) is 50.5 Å². The van der Waals surface area contributed by atoms with Crippen LogP contribution in [0.2, 0.25) is 0 Å². The molecule has 0 saturated heterocycles. The summed E-state index contributed by atoms with van der Waals surface area (Å²) in [4.78, 5) is 25.8. The molecule has 1 fully saturated rings. The van der Waals surface area contributed by atoms with Crippen LogP contribution in [0.1, 0.15) is 67.8 Å². The summed E-state index contributed by atoms with van der Waals surface area (Å²) in [5, 5.41) is 3.06. The monoisotopic (exact) mass is 409 g/mol. The van der Waals surface area contributed by atoms with E-state index in [1.807, 2.05) is 30.3 Å². The zero-order valence-corrected chi connectivity index (χ0v) is 17.9. The maximum atomic E-state index is 13.5. The lowest BCUT2D eigenvalue weighted by molar-refractivity contribution is -0.122. The van der Waals surface area contributed by atoms with Gasteiger partial charge in [-0.15, -0.1) is 0 Å². The van der Waals surface area contributed by atoms with Crippen molar-refractivity contribution in [1.29, 1.82) is 0 Å². The lowest BCUT2D eigenvalue weighted by Gasteiger charge is -2.36. The van der Waals surface area contributed by atoms with Crippen LogP contribution in [-0.4, -0.2) is 25.6 Å². The normalized spacial score (nSPS) is 15.3. The summed E-state index contributed by atoms with van der Waals surface area (Å²) >= 11 is 0. The van der Waals surface area contributed by atoms with Gasteiger partial charge in [-0.3, -0.25) is 4.79 Å². The maximum absolute atomic E-state index is 13.5. The Hall–Kier alpha value is -2.82. The molecule has 1 N–H and O–H groups in total. The lowest BCUT2D eigenvalue weighted by atomic mass is 9.68. The number of unbranched alkanes of at least 4 members (excludes halogenated alkanes) is 1. The van der Waals surface area contributed by atoms with E-state index in [4.69, 9.17) is 9.47 Å². The van der Waals surface area contributed by atoms with Gasteiger partial charge >= 0.3 is 5.97 Å². The largest absolute Gasteiger partial charge is 0.493 e. The number of hydrogen-bond acceptors (Lipinski definition) is 4. The van der Waals surface area contributed by atoms with Gasteiger partial charge in [0.15, 0.2) is 0 Å². The average molecular weight is 410 g/mol. The Balaban J connectivity index is 1.86. The van der Waals surface area contributed by atoms with E-state index < -0.39 is 11.4 Å². The first-order valence-electron chi connectivity index (χ1n) is 10.8. The number of amides is 1. The molecule has 0 atom stereocenters. The molecule has 0 heterocycles. The van der Waals surface area contributed by atoms with Gasteiger partial charge in [0, 0.05) is 5.69 Å². The second-order valence-corrected chi connectivity index (χ2v) is 7.87. The minimum absolute atomic E-state index is 0.0242. The van der Waals surface area contributed by atoms with E-state index in [0.29, 0.717) is 23.6 Å². The van der Waals surface area contributed by atoms with Gasteiger partial charge in [-0.25, -0.2) is 4.79 Å². The highest BCUT2D eigenvalue weighted by Crippen LogP contribution is 2.40. The van der Waals surface area contributed by atoms with Gasteiger partial charge < -0.3 is 14.8 Å². The number of esters is 1. The SMILES string of the molecule is CCCCOc1ccc(NC(=O)C2(c3ccccc3)CCCCC2)cc1C(=O)OC. The summed E-state index contributed by atoms with van der Waals surface area (Å²) in [5.41, 5.74) is 1.41. The van der Waals surface area contributed by atoms with Gasteiger partial charge in [0.05, 0.1) is 19.1 Å². The molecule has 5 nitrogen and oxygen atoms in total. The van der Waals surface area contributed by atoms with Crippen molar-refractivity contribution in [2.45, 2.75) is 57.3 Å². The summed E-state index contributed by atoms with van der Waals surface area (Å²) < 4.78 is 10.7. The predicted molar refractivity (Wildman–Crippen MR) is 118 cm³/mol. The first-order chi connectivity index (χ1) is 14.6. The fourth-order valence-corrected chi connectivity index (χ4v) is 4.14. The smallest absolute Gasteiger partial charge is 0.341 e. The standard InChI is InChI=1S/C25H31NO4/c1-3-4-17-30-22-14-13-20(18-21(22)23(27)29-2)26-24(28)25(15-9-6-10-16-25)19-11-7-5-8-12-19/h5,7-8,11-14,18H,3-4,6,9-10,15-17H2,1-2H3,(H,26,28). The minimum atomic E-state index is -0.540. The van der Waals surface area contributed by atoms with E-state index in [1.165, 1.54) is 7.11 Å². The molecule has 2 aromatic rings. The molecule has 0 aliphatic heterocycles. The number of anilines is 1. The first kappa shape index (κ1) is 21.9. The average Bonchev–Trinajstić information content (AvgIpc) is 2.80. The van der Waals surface area contributed by atoms with Gasteiger partial charge in [0.2, 0.25) is 5.91 Å². The Bertz CT molecular complexity index is 857. The number of rotatable bonds is 8. The fraction of sp³-hybridized carbons (Fsp3) is 0.440. The van der Waals surface area contributed by atoms with Crippen molar-refractivity contribution >= 4 is 17.6 Å². The lowest BCUT2D eigenvalue weighted by Crippen LogP contribution is -2.42. The summed E-state index contributed by atoms with van der Waals surface area (Å²) in [5.74, 6) is -0.0272. The topological polar surface area (TPSA) is 64.6 Å². The number of benzene rings is 2. The molecule has 0 bridgehead atoms. The summed E-state index contributed by atoms with van der Waals surface area (Å²) in [6.45, 7) is 2.61. The number of carbonyl (C=O) groups is 2. The Morgan fingerprint density at radius 3 is 2.43 bits per heavy atom. The number of hydrogen-bond donors (Lipinski definition) is 1. The molecular weight excluding hydrogens is 378 g/mol. The zero-order chi connectivity index (χ0) is 21.4. The molecule has 30 heavy (non-hydrogen) atoms. The molecule has 1 saturated carbocycles. The van der Waals surface area contributed by atoms with Crippen molar-refractivity contribution in [2.24, 2.45) is 0 Å². The molecule has 2 aromatic carbocycles. The van der Waals surface area contributed by atoms with Crippen LogP contribution in [0, 0.1) is 0 Å². The summed E-state index contributed by atoms with van der Waals surface area (Å²) in [6, 6.07) is 15.2. The van der Waals surface area contributed by atoms with Crippen molar-refractivity contribution in [3.63, 3.8) is 0 Å². The fourth-order valence-electron chi connectivity index (χ4n) is 4.14. The maximum Gasteiger partial charge on any atom is 0.341 e. The highest BCUT2D eigenvalue weighted by molar-refractivity contribution is 6.01. The molecule has 160 valence electrons. The van der Waals surface area contributed by atoms with Crippen LogP contribution in [-0.2, 0) is 14.9 Å². The molecule has 0 unspecified atom stereocenters. The van der Waals surface area contributed by atoms with Crippen LogP contribution < -0.4 is 10.1 Å². The number of carbonyl (C=O) groups excluding carboxylic acids is 2. The Labute approximate surface area is 178 Å². The molecule has 1 aliphatic carbocycles. The van der Waals surface area contributed by atoms with Crippen molar-refractivity contribution in [2.75, 3.05) is 19.0 Å². The Morgan fingerprint density at radius 2 is 1.77 bits per heavy atom. The zero-order valence-electron chi connectivity index (χ0n) is 17.9. The highest BCUT2D eigenvalue weighted by Gasteiger charge is 2.41. The minimum Gasteiger partial charge on any atom is -0.493 e. The highest BCUT2D eigenvalue weighted by atomic mass is 16.5. The van der Waals surface area contributed by atoms with E-state index in [9.17, 15) is 9.59 Å². The third kappa shape index (κ3) is 4.84. The van der Waals surface area contributed by atoms with E-state index in [2.05, 4.69) is 12.2 Å². The molecule has 0 aromatic heterocycles. The number of methoxy groups -OCH3 is 1. The van der Waals surface area contributed by atoms with Crippen molar-refractivity contribution in [3.8, 4) is 5.75 Å². The second-order valence-electron chi connectivity index (χ2n) is 7.87. The van der Waals surface area contributed by atoms with E-state index in [-0.39, 0.29) is 5.91 Å². The van der Waals surface area contributed by atoms with E-state index >= 15 is 0 Å². The second kappa shape index (κ2) is 10.3. The van der Waals surface area contributed by atoms with Gasteiger partial charge in [0.1, 0.15) is 11.3 Å². The Morgan fingerprint density at radius 1 is 1.03 bits per heavy atom. The van der Waals surface area contributed by atoms with Crippen LogP contribution >= 0.6 is 0 Å². The predicted octanol–water partition coefficient (Wildman–Crippen LogP) is 5.49. The van der Waals surface area contributed by atoms with Gasteiger partial charge in [-0.05, 0) is 43.0 Å². The third-order valence-corrected chi connectivity index (χ3v) is 5.87. The quantitative estimate of drug-likeness (QED) is 0.462. The first-order valence-corrected chi connectivity index (χ1v) is 10.8. The summed E-state index contributed by atoms with van der Waals surface area (Å²) in [6.07, 6.45) is 6.76. The molecule has 3 rings (SSSR count). The van der Waals surface area contributed by atoms with Crippen molar-refractivity contribution < 1.29 is 19.1 Å². The molecule has 1 aliphatic rings. The number of nitrogens with one attached hydrogen (secondary N) is 1. The van der Waals surface area contributed by atoms with Gasteiger partial charge in [0.25, 0.3) is 0 Å². The van der Waals surface area contributed by atoms with Crippen LogP contribution in [0.15, 0.2) is 48.5 Å². The van der Waals surface area contributed by atoms with Crippen LogP contribution in [0.3, 0.4) is 0 Å². The van der Waals surface area contributed by atoms with Gasteiger partial charge in [-0.1, -0.05) is 62.9 Å². The molecular formula is C25H31NO4. The van der Waals surface area contributed by atoms with Gasteiger partial charge in [-0.2, -0.15) is 0 Å². The molecule has 1 amide bonds. The van der Waals surface area contributed by atoms with Crippen LogP contribution in [0.4, 0.5) is 5.69 Å². The molecule has 5 heteroatoms. The summed E-state index contributed by atoms with van der Waals surface area (Å²) in [7, 11) is 1.34. The third-order valence-electron chi connectivity index (χ3n) is 5.87. The Kier molecular flexibility index (Phi) is 7.50. The molecule has 0 spiro atoms.